The zero-order valence-corrected chi connectivity index (χ0v) is 19.4. The van der Waals surface area contributed by atoms with Crippen molar-refractivity contribution in [2.75, 3.05) is 6.54 Å². The lowest BCUT2D eigenvalue weighted by Gasteiger charge is -2.08. The Bertz CT molecular complexity index is 1290. The Labute approximate surface area is 188 Å². The van der Waals surface area contributed by atoms with E-state index in [1.165, 1.54) is 15.9 Å². The molecule has 1 amide bonds. The molecule has 4 aromatic rings. The minimum Gasteiger partial charge on any atom is -0.356 e. The van der Waals surface area contributed by atoms with E-state index in [4.69, 9.17) is 0 Å². The number of aromatic nitrogens is 3. The molecule has 0 aliphatic heterocycles. The summed E-state index contributed by atoms with van der Waals surface area (Å²) in [5.74, 6) is -0.0696. The third-order valence-corrected chi connectivity index (χ3v) is 7.23. The largest absolute Gasteiger partial charge is 0.356 e. The van der Waals surface area contributed by atoms with Crippen molar-refractivity contribution in [2.45, 2.75) is 40.2 Å². The van der Waals surface area contributed by atoms with Crippen molar-refractivity contribution < 1.29 is 4.79 Å². The summed E-state index contributed by atoms with van der Waals surface area (Å²) in [5.41, 5.74) is 4.16. The molecule has 0 fully saturated rings. The number of benzene rings is 1. The van der Waals surface area contributed by atoms with Gasteiger partial charge in [-0.2, -0.15) is 0 Å². The highest BCUT2D eigenvalue weighted by Crippen LogP contribution is 2.25. The van der Waals surface area contributed by atoms with Crippen LogP contribution in [0.3, 0.4) is 0 Å². The summed E-state index contributed by atoms with van der Waals surface area (Å²) in [5, 5.41) is 6.72. The van der Waals surface area contributed by atoms with Crippen LogP contribution in [0, 0.1) is 20.8 Å². The molecule has 0 saturated heterocycles. The first-order valence-electron chi connectivity index (χ1n) is 10.2. The molecule has 1 N–H and O–H groups in total. The lowest BCUT2D eigenvalue weighted by atomic mass is 10.1. The molecule has 0 radical (unpaired) electrons. The van der Waals surface area contributed by atoms with Gasteiger partial charge in [-0.3, -0.25) is 14.2 Å². The molecular weight excluding hydrogens is 428 g/mol. The molecule has 160 valence electrons. The Morgan fingerprint density at radius 3 is 2.65 bits per heavy atom. The SMILES string of the molecule is Cc1nc(-c2ccc(CCNC(=O)CCn3cnc4sc(C)c(C)c4c3=O)cc2)cs1. The number of hydrogen-bond acceptors (Lipinski definition) is 6. The summed E-state index contributed by atoms with van der Waals surface area (Å²) in [6.45, 7) is 6.82. The minimum atomic E-state index is -0.0740. The number of rotatable bonds is 7. The van der Waals surface area contributed by atoms with E-state index >= 15 is 0 Å². The average molecular weight is 453 g/mol. The summed E-state index contributed by atoms with van der Waals surface area (Å²) in [4.78, 5) is 35.7. The highest BCUT2D eigenvalue weighted by molar-refractivity contribution is 7.18. The Hall–Kier alpha value is -2.84. The van der Waals surface area contributed by atoms with Crippen LogP contribution in [0.2, 0.25) is 0 Å². The molecule has 0 aliphatic rings. The number of nitrogens with one attached hydrogen (secondary N) is 1. The zero-order valence-electron chi connectivity index (χ0n) is 17.8. The second-order valence-electron chi connectivity index (χ2n) is 7.51. The lowest BCUT2D eigenvalue weighted by molar-refractivity contribution is -0.121. The van der Waals surface area contributed by atoms with Gasteiger partial charge in [0, 0.05) is 35.3 Å². The number of hydrogen-bond donors (Lipinski definition) is 1. The van der Waals surface area contributed by atoms with Crippen molar-refractivity contribution in [1.82, 2.24) is 19.9 Å². The van der Waals surface area contributed by atoms with E-state index in [1.807, 2.05) is 20.8 Å². The first kappa shape index (κ1) is 21.4. The first-order chi connectivity index (χ1) is 14.9. The van der Waals surface area contributed by atoms with Crippen molar-refractivity contribution in [3.63, 3.8) is 0 Å². The van der Waals surface area contributed by atoms with Crippen LogP contribution in [0.25, 0.3) is 21.5 Å². The van der Waals surface area contributed by atoms with Gasteiger partial charge in [-0.15, -0.1) is 22.7 Å². The van der Waals surface area contributed by atoms with Gasteiger partial charge in [0.05, 0.1) is 22.4 Å². The zero-order chi connectivity index (χ0) is 22.0. The number of thiophene rings is 1. The molecule has 0 atom stereocenters. The predicted molar refractivity (Wildman–Crippen MR) is 127 cm³/mol. The molecule has 0 spiro atoms. The van der Waals surface area contributed by atoms with Gasteiger partial charge in [0.2, 0.25) is 5.91 Å². The summed E-state index contributed by atoms with van der Waals surface area (Å²) < 4.78 is 1.53. The molecule has 3 aromatic heterocycles. The van der Waals surface area contributed by atoms with Crippen molar-refractivity contribution in [3.8, 4) is 11.3 Å². The van der Waals surface area contributed by atoms with Crippen LogP contribution in [0.5, 0.6) is 0 Å². The van der Waals surface area contributed by atoms with Crippen molar-refractivity contribution >= 4 is 38.8 Å². The molecule has 0 unspecified atom stereocenters. The number of thiazole rings is 1. The highest BCUT2D eigenvalue weighted by Gasteiger charge is 2.12. The molecule has 1 aromatic carbocycles. The van der Waals surface area contributed by atoms with E-state index < -0.39 is 0 Å². The standard InChI is InChI=1S/C23H24N4O2S2/c1-14-15(2)31-22-21(14)23(29)27(13-25-22)11-9-20(28)24-10-8-17-4-6-18(7-5-17)19-12-30-16(3)26-19/h4-7,12-13H,8-11H2,1-3H3,(H,24,28). The Morgan fingerprint density at radius 2 is 1.94 bits per heavy atom. The summed E-state index contributed by atoms with van der Waals surface area (Å²) in [6, 6.07) is 8.27. The Balaban J connectivity index is 1.28. The van der Waals surface area contributed by atoms with E-state index in [-0.39, 0.29) is 17.9 Å². The van der Waals surface area contributed by atoms with Crippen LogP contribution in [-0.2, 0) is 17.8 Å². The summed E-state index contributed by atoms with van der Waals surface area (Å²) >= 11 is 3.17. The monoisotopic (exact) mass is 452 g/mol. The molecule has 4 rings (SSSR count). The molecule has 0 aliphatic carbocycles. The van der Waals surface area contributed by atoms with Crippen LogP contribution in [-0.4, -0.2) is 27.0 Å². The molecule has 0 saturated carbocycles. The van der Waals surface area contributed by atoms with Crippen molar-refractivity contribution in [3.05, 3.63) is 67.3 Å². The number of carbonyl (C=O) groups is 1. The third-order valence-electron chi connectivity index (χ3n) is 5.34. The molecule has 31 heavy (non-hydrogen) atoms. The van der Waals surface area contributed by atoms with Gasteiger partial charge in [-0.05, 0) is 38.3 Å². The summed E-state index contributed by atoms with van der Waals surface area (Å²) in [6.07, 6.45) is 2.54. The van der Waals surface area contributed by atoms with Gasteiger partial charge >= 0.3 is 0 Å². The Kier molecular flexibility index (Phi) is 6.29. The van der Waals surface area contributed by atoms with Crippen LogP contribution in [0.1, 0.15) is 27.4 Å². The topological polar surface area (TPSA) is 76.9 Å². The number of nitrogens with zero attached hydrogens (tertiary/aromatic N) is 3. The molecule has 3 heterocycles. The number of fused-ring (bicyclic) bond motifs is 1. The number of carbonyl (C=O) groups excluding carboxylic acids is 1. The van der Waals surface area contributed by atoms with Gasteiger partial charge in [0.1, 0.15) is 4.83 Å². The minimum absolute atomic E-state index is 0.0696. The van der Waals surface area contributed by atoms with Gasteiger partial charge < -0.3 is 5.32 Å². The van der Waals surface area contributed by atoms with E-state index in [9.17, 15) is 9.59 Å². The second kappa shape index (κ2) is 9.11. The van der Waals surface area contributed by atoms with Crippen molar-refractivity contribution in [2.24, 2.45) is 0 Å². The van der Waals surface area contributed by atoms with E-state index in [2.05, 4.69) is 44.9 Å². The van der Waals surface area contributed by atoms with Gasteiger partial charge in [0.15, 0.2) is 0 Å². The second-order valence-corrected chi connectivity index (χ2v) is 9.77. The van der Waals surface area contributed by atoms with Crippen LogP contribution < -0.4 is 10.9 Å². The fourth-order valence-corrected chi connectivity index (χ4v) is 5.03. The number of aryl methyl sites for hydroxylation is 4. The van der Waals surface area contributed by atoms with Gasteiger partial charge in [0.25, 0.3) is 5.56 Å². The fraction of sp³-hybridized carbons (Fsp3) is 0.304. The quantitative estimate of drug-likeness (QED) is 0.455. The molecular formula is C23H24N4O2S2. The highest BCUT2D eigenvalue weighted by atomic mass is 32.1. The predicted octanol–water partition coefficient (Wildman–Crippen LogP) is 4.26. The van der Waals surface area contributed by atoms with Crippen LogP contribution in [0.4, 0.5) is 0 Å². The molecule has 6 nitrogen and oxygen atoms in total. The van der Waals surface area contributed by atoms with Gasteiger partial charge in [-0.1, -0.05) is 24.3 Å². The van der Waals surface area contributed by atoms with E-state index in [1.54, 1.807) is 17.7 Å². The maximum Gasteiger partial charge on any atom is 0.262 e. The lowest BCUT2D eigenvalue weighted by Crippen LogP contribution is -2.29. The van der Waals surface area contributed by atoms with Crippen LogP contribution in [0.15, 0.2) is 40.8 Å². The smallest absolute Gasteiger partial charge is 0.262 e. The van der Waals surface area contributed by atoms with Gasteiger partial charge in [-0.25, -0.2) is 9.97 Å². The van der Waals surface area contributed by atoms with Crippen molar-refractivity contribution in [1.29, 1.82) is 0 Å². The normalized spacial score (nSPS) is 11.2. The average Bonchev–Trinajstić information content (AvgIpc) is 3.31. The van der Waals surface area contributed by atoms with Crippen LogP contribution >= 0.6 is 22.7 Å². The maximum absolute atomic E-state index is 12.7. The third kappa shape index (κ3) is 4.75. The number of amides is 1. The fourth-order valence-electron chi connectivity index (χ4n) is 3.42. The molecule has 8 heteroatoms. The Morgan fingerprint density at radius 1 is 1.16 bits per heavy atom. The summed E-state index contributed by atoms with van der Waals surface area (Å²) in [7, 11) is 0. The van der Waals surface area contributed by atoms with E-state index in [0.717, 1.165) is 43.5 Å². The molecule has 0 bridgehead atoms. The maximum atomic E-state index is 12.7. The first-order valence-corrected chi connectivity index (χ1v) is 11.9. The van der Waals surface area contributed by atoms with E-state index in [0.29, 0.717) is 18.5 Å².